The van der Waals surface area contributed by atoms with Gasteiger partial charge in [-0.05, 0) is 43.8 Å². The lowest BCUT2D eigenvalue weighted by Crippen LogP contribution is -2.29. The number of rotatable bonds is 6. The van der Waals surface area contributed by atoms with Gasteiger partial charge < -0.3 is 10.6 Å². The summed E-state index contributed by atoms with van der Waals surface area (Å²) in [6.07, 6.45) is 4.72. The smallest absolute Gasteiger partial charge is 0.273 e. The fourth-order valence-corrected chi connectivity index (χ4v) is 3.07. The molecular weight excluding hydrogens is 302 g/mol. The molecule has 1 aliphatic heterocycles. The fourth-order valence-electron chi connectivity index (χ4n) is 3.07. The Morgan fingerprint density at radius 1 is 1.33 bits per heavy atom. The van der Waals surface area contributed by atoms with Crippen molar-refractivity contribution in [1.82, 2.24) is 25.6 Å². The number of piperidine rings is 1. The highest BCUT2D eigenvalue weighted by Gasteiger charge is 2.18. The molecule has 0 saturated carbocycles. The van der Waals surface area contributed by atoms with Crippen LogP contribution in [0.25, 0.3) is 0 Å². The summed E-state index contributed by atoms with van der Waals surface area (Å²) in [5.74, 6) is 0.271. The SMILES string of the molecule is C[C@H](CCNC(=O)c1cn(C2CCNCC2)nn1)c1ccccc1. The third kappa shape index (κ3) is 4.20. The topological polar surface area (TPSA) is 71.8 Å². The Balaban J connectivity index is 1.47. The Morgan fingerprint density at radius 3 is 2.83 bits per heavy atom. The van der Waals surface area contributed by atoms with E-state index in [4.69, 9.17) is 0 Å². The van der Waals surface area contributed by atoms with Gasteiger partial charge in [-0.15, -0.1) is 5.10 Å². The van der Waals surface area contributed by atoms with Crippen LogP contribution < -0.4 is 10.6 Å². The second-order valence-electron chi connectivity index (χ2n) is 6.42. The van der Waals surface area contributed by atoms with Crippen molar-refractivity contribution >= 4 is 5.91 Å². The molecule has 1 atom stereocenters. The summed E-state index contributed by atoms with van der Waals surface area (Å²) in [4.78, 5) is 12.2. The second-order valence-corrected chi connectivity index (χ2v) is 6.42. The van der Waals surface area contributed by atoms with E-state index in [1.807, 2.05) is 22.9 Å². The van der Waals surface area contributed by atoms with Crippen LogP contribution in [-0.4, -0.2) is 40.5 Å². The molecule has 1 aromatic carbocycles. The lowest BCUT2D eigenvalue weighted by molar-refractivity contribution is 0.0947. The molecule has 128 valence electrons. The number of nitrogens with one attached hydrogen (secondary N) is 2. The molecule has 1 saturated heterocycles. The normalized spacial score (nSPS) is 16.7. The minimum atomic E-state index is -0.143. The second kappa shape index (κ2) is 8.06. The molecule has 0 radical (unpaired) electrons. The number of carbonyl (C=O) groups excluding carboxylic acids is 1. The van der Waals surface area contributed by atoms with Crippen LogP contribution >= 0.6 is 0 Å². The molecule has 3 rings (SSSR count). The van der Waals surface area contributed by atoms with Gasteiger partial charge in [-0.3, -0.25) is 4.79 Å². The van der Waals surface area contributed by atoms with Crippen molar-refractivity contribution in [2.45, 2.75) is 38.1 Å². The zero-order chi connectivity index (χ0) is 16.8. The summed E-state index contributed by atoms with van der Waals surface area (Å²) in [7, 11) is 0. The maximum Gasteiger partial charge on any atom is 0.273 e. The van der Waals surface area contributed by atoms with Crippen molar-refractivity contribution < 1.29 is 4.79 Å². The molecule has 1 amide bonds. The zero-order valence-corrected chi connectivity index (χ0v) is 14.1. The third-order valence-electron chi connectivity index (χ3n) is 4.66. The van der Waals surface area contributed by atoms with E-state index in [0.29, 0.717) is 24.2 Å². The first-order chi connectivity index (χ1) is 11.7. The molecular formula is C18H25N5O. The lowest BCUT2D eigenvalue weighted by Gasteiger charge is -2.22. The first-order valence-electron chi connectivity index (χ1n) is 8.69. The largest absolute Gasteiger partial charge is 0.351 e. The van der Waals surface area contributed by atoms with Gasteiger partial charge in [0.25, 0.3) is 5.91 Å². The monoisotopic (exact) mass is 327 g/mol. The first kappa shape index (κ1) is 16.6. The van der Waals surface area contributed by atoms with Crippen LogP contribution in [0.2, 0.25) is 0 Å². The summed E-state index contributed by atoms with van der Waals surface area (Å²) in [6, 6.07) is 10.7. The minimum Gasteiger partial charge on any atom is -0.351 e. The van der Waals surface area contributed by atoms with Crippen LogP contribution in [0.15, 0.2) is 36.5 Å². The van der Waals surface area contributed by atoms with Gasteiger partial charge in [-0.2, -0.15) is 0 Å². The number of hydrogen-bond acceptors (Lipinski definition) is 4. The van der Waals surface area contributed by atoms with E-state index in [0.717, 1.165) is 32.4 Å². The molecule has 0 spiro atoms. The van der Waals surface area contributed by atoms with Gasteiger partial charge in [0, 0.05) is 6.54 Å². The fraction of sp³-hybridized carbons (Fsp3) is 0.500. The Bertz CT molecular complexity index is 648. The summed E-state index contributed by atoms with van der Waals surface area (Å²) < 4.78 is 1.84. The predicted octanol–water partition coefficient (Wildman–Crippen LogP) is 2.13. The van der Waals surface area contributed by atoms with Crippen LogP contribution in [0.5, 0.6) is 0 Å². The van der Waals surface area contributed by atoms with Crippen molar-refractivity contribution in [1.29, 1.82) is 0 Å². The van der Waals surface area contributed by atoms with Crippen molar-refractivity contribution in [3.63, 3.8) is 0 Å². The van der Waals surface area contributed by atoms with Crippen LogP contribution in [0, 0.1) is 0 Å². The van der Waals surface area contributed by atoms with Crippen molar-refractivity contribution in [3.8, 4) is 0 Å². The summed E-state index contributed by atoms with van der Waals surface area (Å²) in [5.41, 5.74) is 1.70. The van der Waals surface area contributed by atoms with E-state index < -0.39 is 0 Å². The predicted molar refractivity (Wildman–Crippen MR) is 93.0 cm³/mol. The van der Waals surface area contributed by atoms with Crippen LogP contribution in [-0.2, 0) is 0 Å². The lowest BCUT2D eigenvalue weighted by atomic mass is 9.98. The van der Waals surface area contributed by atoms with Crippen LogP contribution in [0.1, 0.15) is 54.2 Å². The average molecular weight is 327 g/mol. The Morgan fingerprint density at radius 2 is 2.08 bits per heavy atom. The Labute approximate surface area is 142 Å². The highest BCUT2D eigenvalue weighted by molar-refractivity contribution is 5.91. The molecule has 1 aliphatic rings. The molecule has 6 nitrogen and oxygen atoms in total. The molecule has 0 bridgehead atoms. The summed E-state index contributed by atoms with van der Waals surface area (Å²) >= 11 is 0. The number of benzene rings is 1. The average Bonchev–Trinajstić information content (AvgIpc) is 3.13. The highest BCUT2D eigenvalue weighted by atomic mass is 16.2. The molecule has 2 N–H and O–H groups in total. The van der Waals surface area contributed by atoms with E-state index in [2.05, 4.69) is 40.0 Å². The number of nitrogens with zero attached hydrogens (tertiary/aromatic N) is 3. The Kier molecular flexibility index (Phi) is 5.59. The van der Waals surface area contributed by atoms with Gasteiger partial charge in [-0.1, -0.05) is 42.5 Å². The van der Waals surface area contributed by atoms with Gasteiger partial charge in [0.1, 0.15) is 0 Å². The van der Waals surface area contributed by atoms with Crippen LogP contribution in [0.4, 0.5) is 0 Å². The molecule has 1 aromatic heterocycles. The van der Waals surface area contributed by atoms with Crippen molar-refractivity contribution in [2.75, 3.05) is 19.6 Å². The molecule has 24 heavy (non-hydrogen) atoms. The summed E-state index contributed by atoms with van der Waals surface area (Å²) in [5, 5.41) is 14.4. The highest BCUT2D eigenvalue weighted by Crippen LogP contribution is 2.18. The summed E-state index contributed by atoms with van der Waals surface area (Å²) in [6.45, 7) is 4.79. The van der Waals surface area contributed by atoms with Crippen LogP contribution in [0.3, 0.4) is 0 Å². The van der Waals surface area contributed by atoms with E-state index in [1.54, 1.807) is 6.20 Å². The van der Waals surface area contributed by atoms with E-state index in [-0.39, 0.29) is 5.91 Å². The molecule has 1 fully saturated rings. The van der Waals surface area contributed by atoms with Gasteiger partial charge in [0.05, 0.1) is 12.2 Å². The molecule has 2 aromatic rings. The number of amides is 1. The first-order valence-corrected chi connectivity index (χ1v) is 8.69. The molecule has 0 aliphatic carbocycles. The van der Waals surface area contributed by atoms with Gasteiger partial charge >= 0.3 is 0 Å². The number of carbonyl (C=O) groups is 1. The van der Waals surface area contributed by atoms with Gasteiger partial charge in [0.15, 0.2) is 5.69 Å². The van der Waals surface area contributed by atoms with E-state index >= 15 is 0 Å². The van der Waals surface area contributed by atoms with Gasteiger partial charge in [-0.25, -0.2) is 4.68 Å². The van der Waals surface area contributed by atoms with Gasteiger partial charge in [0.2, 0.25) is 0 Å². The molecule has 6 heteroatoms. The maximum atomic E-state index is 12.2. The van der Waals surface area contributed by atoms with Crippen molar-refractivity contribution in [2.24, 2.45) is 0 Å². The maximum absolute atomic E-state index is 12.2. The Hall–Kier alpha value is -2.21. The van der Waals surface area contributed by atoms with E-state index in [1.165, 1.54) is 5.56 Å². The number of aromatic nitrogens is 3. The van der Waals surface area contributed by atoms with E-state index in [9.17, 15) is 4.79 Å². The third-order valence-corrected chi connectivity index (χ3v) is 4.66. The quantitative estimate of drug-likeness (QED) is 0.852. The standard InChI is InChI=1S/C18H25N5O/c1-14(15-5-3-2-4-6-15)7-12-20-18(24)17-13-23(22-21-17)16-8-10-19-11-9-16/h2-6,13-14,16,19H,7-12H2,1H3,(H,20,24)/t14-/m1/s1. The van der Waals surface area contributed by atoms with Crippen molar-refractivity contribution in [3.05, 3.63) is 47.8 Å². The minimum absolute atomic E-state index is 0.143. The zero-order valence-electron chi connectivity index (χ0n) is 14.1. The molecule has 2 heterocycles. The molecule has 0 unspecified atom stereocenters. The number of hydrogen-bond donors (Lipinski definition) is 2.